The standard InChI is InChI=1S/C27H36N4O6/c1-26(2,3)36-24(34)30-20-8-10-22(32)18(14-20)16-28-12-13-29-17-19-15-21(9-11-23(19)33)31(7)25(35)37-27(4,5)6/h8-11,14-17,32-33H,12-13H2,1-7H3,(H,30,34). The van der Waals surface area contributed by atoms with E-state index >= 15 is 0 Å². The fourth-order valence-electron chi connectivity index (χ4n) is 2.89. The van der Waals surface area contributed by atoms with Crippen LogP contribution in [0.15, 0.2) is 46.4 Å². The molecule has 0 fully saturated rings. The van der Waals surface area contributed by atoms with Crippen LogP contribution in [0.2, 0.25) is 0 Å². The largest absolute Gasteiger partial charge is 0.507 e. The molecule has 2 amide bonds. The van der Waals surface area contributed by atoms with Gasteiger partial charge >= 0.3 is 12.2 Å². The molecular formula is C27H36N4O6. The van der Waals surface area contributed by atoms with Gasteiger partial charge in [-0.25, -0.2) is 9.59 Å². The predicted molar refractivity (Wildman–Crippen MR) is 146 cm³/mol. The second-order valence-corrected chi connectivity index (χ2v) is 10.3. The number of phenols is 2. The number of ether oxygens (including phenoxy) is 2. The van der Waals surface area contributed by atoms with Gasteiger partial charge in [0.15, 0.2) is 0 Å². The van der Waals surface area contributed by atoms with Crippen LogP contribution in [0.3, 0.4) is 0 Å². The van der Waals surface area contributed by atoms with E-state index in [9.17, 15) is 19.8 Å². The van der Waals surface area contributed by atoms with Gasteiger partial charge in [0.1, 0.15) is 22.7 Å². The molecule has 0 unspecified atom stereocenters. The molecule has 2 aromatic carbocycles. The Morgan fingerprint density at radius 2 is 1.38 bits per heavy atom. The lowest BCUT2D eigenvalue weighted by atomic mass is 10.2. The van der Waals surface area contributed by atoms with E-state index in [2.05, 4.69) is 15.3 Å². The van der Waals surface area contributed by atoms with Gasteiger partial charge in [0, 0.05) is 42.0 Å². The summed E-state index contributed by atoms with van der Waals surface area (Å²) in [6.45, 7) is 11.3. The minimum Gasteiger partial charge on any atom is -0.507 e. The second kappa shape index (κ2) is 12.2. The van der Waals surface area contributed by atoms with Crippen molar-refractivity contribution >= 4 is 36.0 Å². The van der Waals surface area contributed by atoms with Crippen molar-refractivity contribution < 1.29 is 29.3 Å². The average molecular weight is 513 g/mol. The number of hydrogen-bond acceptors (Lipinski definition) is 8. The van der Waals surface area contributed by atoms with Crippen LogP contribution in [-0.2, 0) is 9.47 Å². The van der Waals surface area contributed by atoms with E-state index in [-0.39, 0.29) is 11.5 Å². The number of phenolic OH excluding ortho intramolecular Hbond substituents is 2. The molecule has 0 spiro atoms. The molecular weight excluding hydrogens is 476 g/mol. The normalized spacial score (nSPS) is 12.1. The number of rotatable bonds is 7. The molecule has 0 aliphatic heterocycles. The Bertz CT molecular complexity index is 1160. The highest BCUT2D eigenvalue weighted by molar-refractivity contribution is 5.91. The zero-order chi connectivity index (χ0) is 27.8. The molecule has 2 aromatic rings. The number of nitrogens with zero attached hydrogens (tertiary/aromatic N) is 3. The van der Waals surface area contributed by atoms with Gasteiger partial charge in [-0.2, -0.15) is 0 Å². The Morgan fingerprint density at radius 1 is 0.865 bits per heavy atom. The molecule has 37 heavy (non-hydrogen) atoms. The lowest BCUT2D eigenvalue weighted by molar-refractivity contribution is 0.0587. The van der Waals surface area contributed by atoms with Crippen molar-refractivity contribution in [2.24, 2.45) is 9.98 Å². The van der Waals surface area contributed by atoms with Crippen LogP contribution in [-0.4, -0.2) is 66.2 Å². The van der Waals surface area contributed by atoms with Crippen LogP contribution < -0.4 is 10.2 Å². The van der Waals surface area contributed by atoms with Crippen molar-refractivity contribution in [1.82, 2.24) is 0 Å². The molecule has 0 heterocycles. The fraction of sp³-hybridized carbons (Fsp3) is 0.407. The Kier molecular flexibility index (Phi) is 9.65. The SMILES string of the molecule is CN(C(=O)OC(C)(C)C)c1ccc(O)c(C=NCCN=Cc2cc(NC(=O)OC(C)(C)C)ccc2O)c1. The van der Waals surface area contributed by atoms with Crippen molar-refractivity contribution in [3.63, 3.8) is 0 Å². The van der Waals surface area contributed by atoms with Crippen molar-refractivity contribution in [3.8, 4) is 11.5 Å². The first-order chi connectivity index (χ1) is 17.1. The zero-order valence-corrected chi connectivity index (χ0v) is 22.4. The molecule has 0 bridgehead atoms. The van der Waals surface area contributed by atoms with Gasteiger partial charge in [-0.1, -0.05) is 0 Å². The average Bonchev–Trinajstić information content (AvgIpc) is 2.76. The Labute approximate surface area is 217 Å². The summed E-state index contributed by atoms with van der Waals surface area (Å²) < 4.78 is 10.6. The second-order valence-electron chi connectivity index (χ2n) is 10.3. The number of hydrogen-bond donors (Lipinski definition) is 3. The monoisotopic (exact) mass is 512 g/mol. The zero-order valence-electron chi connectivity index (χ0n) is 22.4. The van der Waals surface area contributed by atoms with Gasteiger partial charge in [0.2, 0.25) is 0 Å². The molecule has 0 aliphatic carbocycles. The summed E-state index contributed by atoms with van der Waals surface area (Å²) in [5.74, 6) is 0.0330. The first-order valence-electron chi connectivity index (χ1n) is 11.8. The number of carbonyl (C=O) groups excluding carboxylic acids is 2. The Hall–Kier alpha value is -4.08. The topological polar surface area (TPSA) is 133 Å². The van der Waals surface area contributed by atoms with Gasteiger partial charge in [0.05, 0.1) is 13.1 Å². The van der Waals surface area contributed by atoms with Crippen LogP contribution in [0.4, 0.5) is 21.0 Å². The molecule has 10 heteroatoms. The molecule has 200 valence electrons. The van der Waals surface area contributed by atoms with Gasteiger partial charge in [-0.3, -0.25) is 20.2 Å². The summed E-state index contributed by atoms with van der Waals surface area (Å²) in [6.07, 6.45) is 1.88. The van der Waals surface area contributed by atoms with Gasteiger partial charge < -0.3 is 19.7 Å². The maximum atomic E-state index is 12.3. The van der Waals surface area contributed by atoms with E-state index in [0.717, 1.165) is 0 Å². The molecule has 0 saturated carbocycles. The highest BCUT2D eigenvalue weighted by atomic mass is 16.6. The molecule has 10 nitrogen and oxygen atoms in total. The van der Waals surface area contributed by atoms with E-state index in [1.165, 1.54) is 29.5 Å². The highest BCUT2D eigenvalue weighted by Crippen LogP contribution is 2.24. The van der Waals surface area contributed by atoms with E-state index < -0.39 is 23.4 Å². The summed E-state index contributed by atoms with van der Waals surface area (Å²) in [5, 5.41) is 22.8. The number of amides is 2. The maximum absolute atomic E-state index is 12.3. The Morgan fingerprint density at radius 3 is 1.92 bits per heavy atom. The van der Waals surface area contributed by atoms with Crippen molar-refractivity contribution in [3.05, 3.63) is 47.5 Å². The van der Waals surface area contributed by atoms with Crippen LogP contribution >= 0.6 is 0 Å². The number of aliphatic imine (C=N–C) groups is 2. The maximum Gasteiger partial charge on any atom is 0.414 e. The van der Waals surface area contributed by atoms with Crippen molar-refractivity contribution in [1.29, 1.82) is 0 Å². The van der Waals surface area contributed by atoms with Crippen molar-refractivity contribution in [2.75, 3.05) is 30.4 Å². The highest BCUT2D eigenvalue weighted by Gasteiger charge is 2.21. The summed E-state index contributed by atoms with van der Waals surface area (Å²) in [6, 6.07) is 9.32. The number of anilines is 2. The van der Waals surface area contributed by atoms with E-state index in [1.54, 1.807) is 72.9 Å². The van der Waals surface area contributed by atoms with Crippen LogP contribution in [0.5, 0.6) is 11.5 Å². The van der Waals surface area contributed by atoms with E-state index in [0.29, 0.717) is 35.6 Å². The lowest BCUT2D eigenvalue weighted by Gasteiger charge is -2.24. The third-order valence-electron chi connectivity index (χ3n) is 4.56. The van der Waals surface area contributed by atoms with Gasteiger partial charge in [0.25, 0.3) is 0 Å². The van der Waals surface area contributed by atoms with Crippen molar-refractivity contribution in [2.45, 2.75) is 52.7 Å². The third-order valence-corrected chi connectivity index (χ3v) is 4.56. The Balaban J connectivity index is 1.97. The van der Waals surface area contributed by atoms with Gasteiger partial charge in [-0.05, 0) is 77.9 Å². The first-order valence-corrected chi connectivity index (χ1v) is 11.8. The quantitative estimate of drug-likeness (QED) is 0.260. The number of carbonyl (C=O) groups is 2. The molecule has 3 N–H and O–H groups in total. The summed E-state index contributed by atoms with van der Waals surface area (Å²) >= 11 is 0. The first kappa shape index (κ1) is 29.2. The summed E-state index contributed by atoms with van der Waals surface area (Å²) in [7, 11) is 1.59. The minimum absolute atomic E-state index is 0.0119. The molecule has 2 rings (SSSR count). The molecule has 0 radical (unpaired) electrons. The number of aromatic hydroxyl groups is 2. The minimum atomic E-state index is -0.627. The molecule has 0 aromatic heterocycles. The van der Waals surface area contributed by atoms with Crippen LogP contribution in [0.25, 0.3) is 0 Å². The smallest absolute Gasteiger partial charge is 0.414 e. The summed E-state index contributed by atoms with van der Waals surface area (Å²) in [4.78, 5) is 34.2. The van der Waals surface area contributed by atoms with Crippen LogP contribution in [0, 0.1) is 0 Å². The molecule has 0 saturated heterocycles. The van der Waals surface area contributed by atoms with Gasteiger partial charge in [-0.15, -0.1) is 0 Å². The van der Waals surface area contributed by atoms with E-state index in [1.807, 2.05) is 0 Å². The molecule has 0 atom stereocenters. The van der Waals surface area contributed by atoms with Crippen LogP contribution in [0.1, 0.15) is 52.7 Å². The predicted octanol–water partition coefficient (Wildman–Crippen LogP) is 5.35. The molecule has 0 aliphatic rings. The third kappa shape index (κ3) is 10.2. The number of nitrogens with one attached hydrogen (secondary N) is 1. The van der Waals surface area contributed by atoms with E-state index in [4.69, 9.17) is 9.47 Å². The summed E-state index contributed by atoms with van der Waals surface area (Å²) in [5.41, 5.74) is 0.612. The lowest BCUT2D eigenvalue weighted by Crippen LogP contribution is -2.34. The fourth-order valence-corrected chi connectivity index (χ4v) is 2.89. The number of benzene rings is 2.